The van der Waals surface area contributed by atoms with E-state index in [0.29, 0.717) is 24.5 Å². The summed E-state index contributed by atoms with van der Waals surface area (Å²) in [4.78, 5) is 55.7. The van der Waals surface area contributed by atoms with E-state index in [-0.39, 0.29) is 43.3 Å². The van der Waals surface area contributed by atoms with Crippen molar-refractivity contribution in [2.24, 2.45) is 0 Å². The number of hydroxylamine groups is 2. The molecule has 2 aromatic carbocycles. The lowest BCUT2D eigenvalue weighted by Crippen LogP contribution is -2.34. The molecule has 1 atom stereocenters. The maximum Gasteiger partial charge on any atom is 0.414 e. The smallest absolute Gasteiger partial charge is 0.414 e. The highest BCUT2D eigenvalue weighted by molar-refractivity contribution is 5.95. The third kappa shape index (κ3) is 5.54. The van der Waals surface area contributed by atoms with E-state index in [1.54, 1.807) is 17.0 Å². The Kier molecular flexibility index (Phi) is 7.34. The van der Waals surface area contributed by atoms with Crippen molar-refractivity contribution in [1.29, 1.82) is 0 Å². The predicted octanol–water partition coefficient (Wildman–Crippen LogP) is 1.88. The number of carboxylic acids is 1. The molecular formula is C24H25FN4O7. The molecule has 3 amide bonds. The van der Waals surface area contributed by atoms with Gasteiger partial charge >= 0.3 is 12.1 Å². The number of hydrogen-bond donors (Lipinski definition) is 2. The normalized spacial score (nSPS) is 18.0. The number of hydrogen-bond acceptors (Lipinski definition) is 7. The van der Waals surface area contributed by atoms with E-state index in [1.165, 1.54) is 47.2 Å². The lowest BCUT2D eigenvalue weighted by Gasteiger charge is -2.24. The molecule has 0 radical (unpaired) electrons. The Morgan fingerprint density at radius 1 is 1.08 bits per heavy atom. The number of anilines is 2. The predicted molar refractivity (Wildman–Crippen MR) is 125 cm³/mol. The van der Waals surface area contributed by atoms with E-state index in [4.69, 9.17) is 14.7 Å². The third-order valence-electron chi connectivity index (χ3n) is 5.82. The molecule has 2 N–H and O–H groups in total. The molecule has 0 saturated carbocycles. The second kappa shape index (κ2) is 10.6. The highest BCUT2D eigenvalue weighted by atomic mass is 19.1. The Balaban J connectivity index is 1.39. The molecule has 0 spiro atoms. The molecule has 190 valence electrons. The molecule has 36 heavy (non-hydrogen) atoms. The van der Waals surface area contributed by atoms with E-state index >= 15 is 4.39 Å². The van der Waals surface area contributed by atoms with Crippen LogP contribution in [0, 0.1) is 5.82 Å². The molecule has 12 heteroatoms. The number of carbonyl (C=O) groups is 4. The molecule has 4 rings (SSSR count). The zero-order valence-electron chi connectivity index (χ0n) is 19.5. The van der Waals surface area contributed by atoms with Crippen molar-refractivity contribution in [2.45, 2.75) is 13.0 Å². The lowest BCUT2D eigenvalue weighted by molar-refractivity contribution is -0.119. The Bertz CT molecular complexity index is 1170. The summed E-state index contributed by atoms with van der Waals surface area (Å²) in [5.41, 5.74) is 0.973. The molecule has 0 aromatic heterocycles. The first-order chi connectivity index (χ1) is 17.2. The minimum atomic E-state index is -1.09. The van der Waals surface area contributed by atoms with Crippen molar-refractivity contribution < 1.29 is 38.2 Å². The average Bonchev–Trinajstić information content (AvgIpc) is 3.06. The first-order valence-corrected chi connectivity index (χ1v) is 11.3. The van der Waals surface area contributed by atoms with Crippen molar-refractivity contribution in [3.05, 3.63) is 59.4 Å². The van der Waals surface area contributed by atoms with Gasteiger partial charge in [-0.15, -0.1) is 0 Å². The zero-order chi connectivity index (χ0) is 25.8. The quantitative estimate of drug-likeness (QED) is 0.615. The highest BCUT2D eigenvalue weighted by Crippen LogP contribution is 2.28. The van der Waals surface area contributed by atoms with Crippen molar-refractivity contribution >= 4 is 35.3 Å². The molecular weight excluding hydrogens is 475 g/mol. The molecule has 0 unspecified atom stereocenters. The van der Waals surface area contributed by atoms with Gasteiger partial charge in [-0.25, -0.2) is 19.0 Å². The highest BCUT2D eigenvalue weighted by Gasteiger charge is 2.33. The molecule has 11 nitrogen and oxygen atoms in total. The van der Waals surface area contributed by atoms with Gasteiger partial charge in [0.15, 0.2) is 0 Å². The van der Waals surface area contributed by atoms with E-state index in [2.05, 4.69) is 5.32 Å². The number of nitrogens with zero attached hydrogens (tertiary/aromatic N) is 3. The minimum absolute atomic E-state index is 0.0684. The second-order valence-corrected chi connectivity index (χ2v) is 8.30. The van der Waals surface area contributed by atoms with Crippen LogP contribution >= 0.6 is 0 Å². The van der Waals surface area contributed by atoms with E-state index in [1.807, 2.05) is 0 Å². The van der Waals surface area contributed by atoms with Gasteiger partial charge in [0.25, 0.3) is 5.91 Å². The largest absolute Gasteiger partial charge is 0.478 e. The Morgan fingerprint density at radius 3 is 2.47 bits per heavy atom. The van der Waals surface area contributed by atoms with Crippen LogP contribution in [0.1, 0.15) is 27.6 Å². The zero-order valence-corrected chi connectivity index (χ0v) is 19.5. The van der Waals surface area contributed by atoms with Crippen LogP contribution in [-0.2, 0) is 14.4 Å². The summed E-state index contributed by atoms with van der Waals surface area (Å²) in [5.74, 6) is -2.30. The number of rotatable bonds is 6. The van der Waals surface area contributed by atoms with Gasteiger partial charge in [-0.2, -0.15) is 0 Å². The van der Waals surface area contributed by atoms with Crippen molar-refractivity contribution in [2.75, 3.05) is 49.1 Å². The standard InChI is InChI=1S/C24H25FN4O7/c1-15(30)26-13-19-14-28(24(34)36-19)18-6-7-21(20(25)12-18)27-8-9-29(35-11-10-27)22(31)16-2-4-17(5-3-16)23(32)33/h2-7,12,19H,8-11,13-14H2,1H3,(H,26,30)(H,32,33)/t19-/m0/s1. The summed E-state index contributed by atoms with van der Waals surface area (Å²) in [6, 6.07) is 9.93. The molecule has 2 saturated heterocycles. The first kappa shape index (κ1) is 24.9. The number of cyclic esters (lactones) is 1. The summed E-state index contributed by atoms with van der Waals surface area (Å²) in [6.07, 6.45) is -1.15. The fourth-order valence-corrected chi connectivity index (χ4v) is 3.97. The van der Waals surface area contributed by atoms with Crippen molar-refractivity contribution in [3.63, 3.8) is 0 Å². The number of ether oxygens (including phenoxy) is 1. The van der Waals surface area contributed by atoms with Crippen LogP contribution in [0.3, 0.4) is 0 Å². The summed E-state index contributed by atoms with van der Waals surface area (Å²) in [5, 5.41) is 12.8. The molecule has 0 aliphatic carbocycles. The monoisotopic (exact) mass is 500 g/mol. The van der Waals surface area contributed by atoms with Crippen LogP contribution in [-0.4, -0.2) is 79.5 Å². The van der Waals surface area contributed by atoms with Gasteiger partial charge in [0.2, 0.25) is 5.91 Å². The van der Waals surface area contributed by atoms with Gasteiger partial charge < -0.3 is 20.1 Å². The van der Waals surface area contributed by atoms with Crippen molar-refractivity contribution in [3.8, 4) is 0 Å². The lowest BCUT2D eigenvalue weighted by atomic mass is 10.1. The summed E-state index contributed by atoms with van der Waals surface area (Å²) < 4.78 is 20.3. The van der Waals surface area contributed by atoms with Gasteiger partial charge in [0.05, 0.1) is 43.2 Å². The fraction of sp³-hybridized carbons (Fsp3) is 0.333. The fourth-order valence-electron chi connectivity index (χ4n) is 3.97. The number of carbonyl (C=O) groups excluding carboxylic acids is 3. The molecule has 2 heterocycles. The van der Waals surface area contributed by atoms with Gasteiger partial charge in [0.1, 0.15) is 11.9 Å². The van der Waals surface area contributed by atoms with Gasteiger partial charge in [0, 0.05) is 25.6 Å². The van der Waals surface area contributed by atoms with Gasteiger partial charge in [-0.05, 0) is 42.5 Å². The molecule has 2 aliphatic rings. The number of amides is 3. The van der Waals surface area contributed by atoms with Crippen LogP contribution in [0.25, 0.3) is 0 Å². The molecule has 2 aromatic rings. The minimum Gasteiger partial charge on any atom is -0.478 e. The Hall–Kier alpha value is -4.19. The number of nitrogens with one attached hydrogen (secondary N) is 1. The summed E-state index contributed by atoms with van der Waals surface area (Å²) in [7, 11) is 0. The Labute approximate surface area is 205 Å². The maximum atomic E-state index is 15.1. The SMILES string of the molecule is CC(=O)NC[C@H]1CN(c2ccc(N3CCON(C(=O)c4ccc(C(=O)O)cc4)CC3)c(F)c2)C(=O)O1. The van der Waals surface area contributed by atoms with Crippen LogP contribution in [0.4, 0.5) is 20.6 Å². The average molecular weight is 500 g/mol. The van der Waals surface area contributed by atoms with E-state index < -0.39 is 29.9 Å². The number of carboxylic acid groups (broad SMARTS) is 1. The maximum absolute atomic E-state index is 15.1. The van der Waals surface area contributed by atoms with Gasteiger partial charge in [-0.1, -0.05) is 0 Å². The molecule has 2 aliphatic heterocycles. The second-order valence-electron chi connectivity index (χ2n) is 8.30. The third-order valence-corrected chi connectivity index (χ3v) is 5.82. The number of benzene rings is 2. The van der Waals surface area contributed by atoms with E-state index in [0.717, 1.165) is 0 Å². The summed E-state index contributed by atoms with van der Waals surface area (Å²) in [6.45, 7) is 2.62. The van der Waals surface area contributed by atoms with Crippen LogP contribution in [0.2, 0.25) is 0 Å². The summed E-state index contributed by atoms with van der Waals surface area (Å²) >= 11 is 0. The Morgan fingerprint density at radius 2 is 1.81 bits per heavy atom. The molecule has 0 bridgehead atoms. The van der Waals surface area contributed by atoms with Crippen LogP contribution in [0.5, 0.6) is 0 Å². The van der Waals surface area contributed by atoms with Crippen LogP contribution in [0.15, 0.2) is 42.5 Å². The van der Waals surface area contributed by atoms with Crippen LogP contribution < -0.4 is 15.1 Å². The number of aromatic carboxylic acids is 1. The topological polar surface area (TPSA) is 129 Å². The molecule has 2 fully saturated rings. The van der Waals surface area contributed by atoms with Gasteiger partial charge in [-0.3, -0.25) is 19.3 Å². The van der Waals surface area contributed by atoms with E-state index in [9.17, 15) is 19.2 Å². The first-order valence-electron chi connectivity index (χ1n) is 11.3. The number of halogens is 1. The van der Waals surface area contributed by atoms with Crippen molar-refractivity contribution in [1.82, 2.24) is 10.4 Å².